The van der Waals surface area contributed by atoms with Crippen LogP contribution in [0.5, 0.6) is 0 Å². The number of hydrogen-bond acceptors (Lipinski definition) is 6. The van der Waals surface area contributed by atoms with Gasteiger partial charge in [-0.15, -0.1) is 22.7 Å². The smallest absolute Gasteiger partial charge is 0.273 e. The number of carbonyl (C=O) groups excluding carboxylic acids is 1. The number of carbonyl (C=O) groups is 1. The van der Waals surface area contributed by atoms with E-state index >= 15 is 0 Å². The number of rotatable bonds is 4. The maximum Gasteiger partial charge on any atom is 0.273 e. The minimum atomic E-state index is 0.0420. The zero-order valence-corrected chi connectivity index (χ0v) is 13.3. The highest BCUT2D eigenvalue weighted by Gasteiger charge is 2.24. The van der Waals surface area contributed by atoms with Crippen molar-refractivity contribution in [2.24, 2.45) is 5.73 Å². The van der Waals surface area contributed by atoms with E-state index < -0.39 is 0 Å². The number of thiophene rings is 1. The molecule has 0 radical (unpaired) electrons. The summed E-state index contributed by atoms with van der Waals surface area (Å²) in [6, 6.07) is 4.19. The molecule has 21 heavy (non-hydrogen) atoms. The van der Waals surface area contributed by atoms with Gasteiger partial charge in [-0.1, -0.05) is 0 Å². The Hall–Kier alpha value is -1.44. The lowest BCUT2D eigenvalue weighted by atomic mass is 10.3. The Labute approximate surface area is 132 Å². The molecule has 0 aliphatic carbocycles. The highest BCUT2D eigenvalue weighted by Crippen LogP contribution is 2.23. The Kier molecular flexibility index (Phi) is 4.52. The highest BCUT2D eigenvalue weighted by molar-refractivity contribution is 7.14. The molecule has 2 aromatic rings. The lowest BCUT2D eigenvalue weighted by Gasteiger charge is -2.34. The van der Waals surface area contributed by atoms with Crippen LogP contribution < -0.4 is 10.6 Å². The summed E-state index contributed by atoms with van der Waals surface area (Å²) in [6.07, 6.45) is 0.740. The van der Waals surface area contributed by atoms with Gasteiger partial charge in [0.15, 0.2) is 0 Å². The lowest BCUT2D eigenvalue weighted by Crippen LogP contribution is -2.48. The van der Waals surface area contributed by atoms with Crippen molar-refractivity contribution >= 4 is 33.6 Å². The molecule has 112 valence electrons. The summed E-state index contributed by atoms with van der Waals surface area (Å²) in [5.74, 6) is 0.0420. The first-order chi connectivity index (χ1) is 10.3. The Bertz CT molecular complexity index is 588. The monoisotopic (exact) mass is 322 g/mol. The van der Waals surface area contributed by atoms with Gasteiger partial charge in [-0.25, -0.2) is 4.98 Å². The minimum Gasteiger partial charge on any atom is -0.360 e. The van der Waals surface area contributed by atoms with Crippen LogP contribution in [0.25, 0.3) is 0 Å². The van der Waals surface area contributed by atoms with Gasteiger partial charge in [0.1, 0.15) is 5.69 Å². The molecule has 5 nitrogen and oxygen atoms in total. The number of nitrogens with two attached hydrogens (primary N) is 1. The van der Waals surface area contributed by atoms with Crippen molar-refractivity contribution in [1.29, 1.82) is 0 Å². The molecule has 0 bridgehead atoms. The van der Waals surface area contributed by atoms with Crippen LogP contribution in [-0.4, -0.2) is 48.5 Å². The number of piperazine rings is 1. The van der Waals surface area contributed by atoms with Crippen LogP contribution in [0, 0.1) is 0 Å². The third-order valence-electron chi connectivity index (χ3n) is 3.51. The van der Waals surface area contributed by atoms with Crippen molar-refractivity contribution in [2.75, 3.05) is 37.6 Å². The second-order valence-electron chi connectivity index (χ2n) is 4.90. The highest BCUT2D eigenvalue weighted by atomic mass is 32.1. The maximum absolute atomic E-state index is 12.4. The first kappa shape index (κ1) is 14.5. The molecule has 1 amide bonds. The molecule has 1 fully saturated rings. The van der Waals surface area contributed by atoms with E-state index in [0.717, 1.165) is 37.6 Å². The second-order valence-corrected chi connectivity index (χ2v) is 6.76. The predicted octanol–water partition coefficient (Wildman–Crippen LogP) is 1.67. The number of hydrogen-bond donors (Lipinski definition) is 1. The van der Waals surface area contributed by atoms with Crippen LogP contribution in [0.4, 0.5) is 5.00 Å². The molecule has 0 aromatic carbocycles. The maximum atomic E-state index is 12.4. The second kappa shape index (κ2) is 6.55. The zero-order valence-electron chi connectivity index (χ0n) is 11.7. The summed E-state index contributed by atoms with van der Waals surface area (Å²) in [7, 11) is 0. The number of anilines is 1. The fourth-order valence-electron chi connectivity index (χ4n) is 2.39. The van der Waals surface area contributed by atoms with Gasteiger partial charge in [-0.2, -0.15) is 0 Å². The van der Waals surface area contributed by atoms with E-state index in [9.17, 15) is 4.79 Å². The summed E-state index contributed by atoms with van der Waals surface area (Å²) < 4.78 is 0. The van der Waals surface area contributed by atoms with Crippen LogP contribution in [0.1, 0.15) is 15.5 Å². The zero-order chi connectivity index (χ0) is 14.7. The van der Waals surface area contributed by atoms with Gasteiger partial charge in [-0.3, -0.25) is 4.79 Å². The normalized spacial score (nSPS) is 15.5. The van der Waals surface area contributed by atoms with E-state index in [1.807, 2.05) is 10.3 Å². The van der Waals surface area contributed by atoms with Gasteiger partial charge in [0.05, 0.1) is 10.0 Å². The van der Waals surface area contributed by atoms with E-state index in [1.54, 1.807) is 11.3 Å². The molecule has 0 unspecified atom stereocenters. The molecule has 1 saturated heterocycles. The van der Waals surface area contributed by atoms with E-state index in [2.05, 4.69) is 27.4 Å². The SMILES string of the molecule is NCCc1nc(C(=O)N2CCN(c3cccs3)CC2)cs1. The summed E-state index contributed by atoms with van der Waals surface area (Å²) in [5, 5.41) is 6.15. The Morgan fingerprint density at radius 3 is 2.76 bits per heavy atom. The standard InChI is InChI=1S/C14H18N4OS2/c15-4-3-12-16-11(10-21-12)14(19)18-7-5-17(6-8-18)13-2-1-9-20-13/h1-2,9-10H,3-8,15H2. The van der Waals surface area contributed by atoms with Crippen molar-refractivity contribution < 1.29 is 4.79 Å². The Morgan fingerprint density at radius 2 is 2.10 bits per heavy atom. The Balaban J connectivity index is 1.59. The fourth-order valence-corrected chi connectivity index (χ4v) is 3.96. The number of aromatic nitrogens is 1. The van der Waals surface area contributed by atoms with Crippen molar-refractivity contribution in [3.63, 3.8) is 0 Å². The third-order valence-corrected chi connectivity index (χ3v) is 5.35. The number of amides is 1. The molecule has 0 atom stereocenters. The van der Waals surface area contributed by atoms with E-state index in [0.29, 0.717) is 12.2 Å². The van der Waals surface area contributed by atoms with E-state index in [4.69, 9.17) is 5.73 Å². The largest absolute Gasteiger partial charge is 0.360 e. The Morgan fingerprint density at radius 1 is 1.29 bits per heavy atom. The average molecular weight is 322 g/mol. The van der Waals surface area contributed by atoms with Crippen LogP contribution >= 0.6 is 22.7 Å². The molecule has 1 aliphatic heterocycles. The molecule has 7 heteroatoms. The molecule has 2 aromatic heterocycles. The van der Waals surface area contributed by atoms with Gasteiger partial charge in [-0.05, 0) is 24.1 Å². The van der Waals surface area contributed by atoms with Crippen LogP contribution in [0.3, 0.4) is 0 Å². The van der Waals surface area contributed by atoms with Crippen molar-refractivity contribution in [1.82, 2.24) is 9.88 Å². The summed E-state index contributed by atoms with van der Waals surface area (Å²) >= 11 is 3.26. The van der Waals surface area contributed by atoms with Crippen LogP contribution in [0.15, 0.2) is 22.9 Å². The number of thiazole rings is 1. The van der Waals surface area contributed by atoms with E-state index in [1.165, 1.54) is 16.3 Å². The summed E-state index contributed by atoms with van der Waals surface area (Å²) in [4.78, 5) is 21.0. The lowest BCUT2D eigenvalue weighted by molar-refractivity contribution is 0.0741. The average Bonchev–Trinajstić information content (AvgIpc) is 3.19. The van der Waals surface area contributed by atoms with Gasteiger partial charge in [0.25, 0.3) is 5.91 Å². The topological polar surface area (TPSA) is 62.5 Å². The quantitative estimate of drug-likeness (QED) is 0.930. The van der Waals surface area contributed by atoms with E-state index in [-0.39, 0.29) is 5.91 Å². The first-order valence-electron chi connectivity index (χ1n) is 7.00. The molecular weight excluding hydrogens is 304 g/mol. The van der Waals surface area contributed by atoms with Crippen molar-refractivity contribution in [3.05, 3.63) is 33.6 Å². The van der Waals surface area contributed by atoms with Gasteiger partial charge < -0.3 is 15.5 Å². The number of nitrogens with zero attached hydrogens (tertiary/aromatic N) is 3. The molecule has 2 N–H and O–H groups in total. The third kappa shape index (κ3) is 3.25. The van der Waals surface area contributed by atoms with Crippen molar-refractivity contribution in [2.45, 2.75) is 6.42 Å². The summed E-state index contributed by atoms with van der Waals surface area (Å²) in [6.45, 7) is 3.83. The molecule has 3 heterocycles. The molecule has 0 spiro atoms. The molecule has 3 rings (SSSR count). The molecular formula is C14H18N4OS2. The van der Waals surface area contributed by atoms with Crippen LogP contribution in [0.2, 0.25) is 0 Å². The van der Waals surface area contributed by atoms with Crippen molar-refractivity contribution in [3.8, 4) is 0 Å². The van der Waals surface area contributed by atoms with Gasteiger partial charge in [0, 0.05) is 38.0 Å². The minimum absolute atomic E-state index is 0.0420. The molecule has 1 aliphatic rings. The fraction of sp³-hybridized carbons (Fsp3) is 0.429. The predicted molar refractivity (Wildman–Crippen MR) is 87.3 cm³/mol. The molecule has 0 saturated carbocycles. The first-order valence-corrected chi connectivity index (χ1v) is 8.76. The van der Waals surface area contributed by atoms with Gasteiger partial charge in [0.2, 0.25) is 0 Å². The van der Waals surface area contributed by atoms with Crippen LogP contribution in [-0.2, 0) is 6.42 Å². The summed E-state index contributed by atoms with van der Waals surface area (Å²) in [5.41, 5.74) is 6.08. The van der Waals surface area contributed by atoms with Gasteiger partial charge >= 0.3 is 0 Å².